The monoisotopic (exact) mass is 259 g/mol. The molecule has 102 valence electrons. The van der Waals surface area contributed by atoms with Gasteiger partial charge in [0.05, 0.1) is 18.0 Å². The predicted molar refractivity (Wildman–Crippen MR) is 75.5 cm³/mol. The zero-order valence-electron chi connectivity index (χ0n) is 11.9. The van der Waals surface area contributed by atoms with E-state index < -0.39 is 5.41 Å². The van der Waals surface area contributed by atoms with Crippen molar-refractivity contribution in [2.45, 2.75) is 46.5 Å². The molecule has 1 heterocycles. The molecule has 0 aliphatic heterocycles. The highest BCUT2D eigenvalue weighted by Gasteiger charge is 2.37. The van der Waals surface area contributed by atoms with Crippen molar-refractivity contribution in [2.75, 3.05) is 5.32 Å². The molecule has 4 heteroatoms. The van der Waals surface area contributed by atoms with Gasteiger partial charge in [-0.05, 0) is 31.4 Å². The van der Waals surface area contributed by atoms with Crippen molar-refractivity contribution >= 4 is 11.6 Å². The van der Waals surface area contributed by atoms with Gasteiger partial charge < -0.3 is 5.32 Å². The number of amides is 1. The van der Waals surface area contributed by atoms with Crippen LogP contribution in [0.15, 0.2) is 18.5 Å². The summed E-state index contributed by atoms with van der Waals surface area (Å²) in [5.74, 6) is -0.213. The van der Waals surface area contributed by atoms with E-state index in [1.54, 1.807) is 12.4 Å². The summed E-state index contributed by atoms with van der Waals surface area (Å²) in [6, 6.07) is 4.06. The second-order valence-corrected chi connectivity index (χ2v) is 4.84. The average molecular weight is 259 g/mol. The molecule has 0 bridgehead atoms. The number of aryl methyl sites for hydroxylation is 1. The summed E-state index contributed by atoms with van der Waals surface area (Å²) >= 11 is 0. The molecule has 1 aromatic rings. The number of pyridine rings is 1. The Bertz CT molecular complexity index is 471. The Labute approximate surface area is 114 Å². The van der Waals surface area contributed by atoms with Gasteiger partial charge in [-0.1, -0.05) is 26.7 Å². The number of rotatable bonds is 6. The number of nitrogens with zero attached hydrogens (tertiary/aromatic N) is 2. The summed E-state index contributed by atoms with van der Waals surface area (Å²) in [7, 11) is 0. The van der Waals surface area contributed by atoms with E-state index in [1.165, 1.54) is 0 Å². The smallest absolute Gasteiger partial charge is 0.244 e. The van der Waals surface area contributed by atoms with Gasteiger partial charge in [0.1, 0.15) is 5.41 Å². The van der Waals surface area contributed by atoms with Crippen molar-refractivity contribution in [3.63, 3.8) is 0 Å². The Kier molecular flexibility index (Phi) is 5.50. The number of hydrogen-bond donors (Lipinski definition) is 1. The molecule has 1 amide bonds. The summed E-state index contributed by atoms with van der Waals surface area (Å²) in [6.45, 7) is 5.89. The van der Waals surface area contributed by atoms with Gasteiger partial charge in [-0.3, -0.25) is 9.78 Å². The van der Waals surface area contributed by atoms with Gasteiger partial charge in [-0.25, -0.2) is 0 Å². The fourth-order valence-corrected chi connectivity index (χ4v) is 2.21. The maximum atomic E-state index is 12.4. The Balaban J connectivity index is 2.95. The number of carbonyl (C=O) groups excluding carboxylic acids is 1. The lowest BCUT2D eigenvalue weighted by Crippen LogP contribution is -2.35. The van der Waals surface area contributed by atoms with Gasteiger partial charge in [0.25, 0.3) is 0 Å². The van der Waals surface area contributed by atoms with Crippen LogP contribution in [0.5, 0.6) is 0 Å². The van der Waals surface area contributed by atoms with Crippen molar-refractivity contribution < 1.29 is 4.79 Å². The van der Waals surface area contributed by atoms with E-state index in [1.807, 2.05) is 26.8 Å². The molecule has 0 saturated carbocycles. The minimum Gasteiger partial charge on any atom is -0.323 e. The van der Waals surface area contributed by atoms with Gasteiger partial charge in [-0.15, -0.1) is 0 Å². The molecule has 0 unspecified atom stereocenters. The second kappa shape index (κ2) is 6.89. The highest BCUT2D eigenvalue weighted by molar-refractivity contribution is 5.97. The van der Waals surface area contributed by atoms with Crippen LogP contribution in [-0.4, -0.2) is 10.9 Å². The second-order valence-electron chi connectivity index (χ2n) is 4.84. The van der Waals surface area contributed by atoms with Gasteiger partial charge in [-0.2, -0.15) is 5.26 Å². The fourth-order valence-electron chi connectivity index (χ4n) is 2.21. The summed E-state index contributed by atoms with van der Waals surface area (Å²) in [4.78, 5) is 16.4. The third kappa shape index (κ3) is 3.54. The van der Waals surface area contributed by atoms with Gasteiger partial charge in [0.2, 0.25) is 5.91 Å². The summed E-state index contributed by atoms with van der Waals surface area (Å²) in [5, 5.41) is 12.3. The van der Waals surface area contributed by atoms with Gasteiger partial charge in [0.15, 0.2) is 0 Å². The number of carbonyl (C=O) groups is 1. The highest BCUT2D eigenvalue weighted by atomic mass is 16.2. The normalized spacial score (nSPS) is 10.8. The van der Waals surface area contributed by atoms with Crippen molar-refractivity contribution in [3.8, 4) is 6.07 Å². The maximum Gasteiger partial charge on any atom is 0.244 e. The number of nitriles is 1. The van der Waals surface area contributed by atoms with Crippen molar-refractivity contribution in [3.05, 3.63) is 24.0 Å². The zero-order chi connectivity index (χ0) is 14.3. The Morgan fingerprint density at radius 2 is 2.05 bits per heavy atom. The van der Waals surface area contributed by atoms with Crippen molar-refractivity contribution in [1.82, 2.24) is 4.98 Å². The summed E-state index contributed by atoms with van der Waals surface area (Å²) in [6.07, 6.45) is 6.10. The molecule has 0 spiro atoms. The minimum atomic E-state index is -0.925. The van der Waals surface area contributed by atoms with E-state index >= 15 is 0 Å². The number of hydrogen-bond acceptors (Lipinski definition) is 3. The molecule has 0 aliphatic rings. The Morgan fingerprint density at radius 1 is 1.42 bits per heavy atom. The fraction of sp³-hybridized carbons (Fsp3) is 0.533. The van der Waals surface area contributed by atoms with Crippen LogP contribution in [-0.2, 0) is 4.79 Å². The number of nitrogens with one attached hydrogen (secondary N) is 1. The van der Waals surface area contributed by atoms with Gasteiger partial charge >= 0.3 is 0 Å². The first kappa shape index (κ1) is 15.2. The highest BCUT2D eigenvalue weighted by Crippen LogP contribution is 2.31. The quantitative estimate of drug-likeness (QED) is 0.851. The first-order valence-electron chi connectivity index (χ1n) is 6.73. The Morgan fingerprint density at radius 3 is 2.53 bits per heavy atom. The lowest BCUT2D eigenvalue weighted by Gasteiger charge is -2.24. The van der Waals surface area contributed by atoms with E-state index in [2.05, 4.69) is 16.4 Å². The molecule has 0 fully saturated rings. The molecule has 0 aromatic carbocycles. The molecule has 1 aromatic heterocycles. The molecular weight excluding hydrogens is 238 g/mol. The molecule has 0 aliphatic carbocycles. The molecule has 0 radical (unpaired) electrons. The van der Waals surface area contributed by atoms with E-state index in [9.17, 15) is 10.1 Å². The van der Waals surface area contributed by atoms with E-state index in [4.69, 9.17) is 0 Å². The van der Waals surface area contributed by atoms with Crippen molar-refractivity contribution in [2.24, 2.45) is 5.41 Å². The van der Waals surface area contributed by atoms with E-state index in [0.717, 1.165) is 18.4 Å². The lowest BCUT2D eigenvalue weighted by atomic mass is 9.79. The third-order valence-corrected chi connectivity index (χ3v) is 3.29. The molecule has 19 heavy (non-hydrogen) atoms. The Hall–Kier alpha value is -1.89. The van der Waals surface area contributed by atoms with Crippen molar-refractivity contribution in [1.29, 1.82) is 5.26 Å². The van der Waals surface area contributed by atoms with E-state index in [-0.39, 0.29) is 5.91 Å². The first-order chi connectivity index (χ1) is 9.09. The molecule has 0 atom stereocenters. The third-order valence-electron chi connectivity index (χ3n) is 3.29. The maximum absolute atomic E-state index is 12.4. The van der Waals surface area contributed by atoms with Crippen LogP contribution in [0, 0.1) is 23.7 Å². The molecular formula is C15H21N3O. The lowest BCUT2D eigenvalue weighted by molar-refractivity contribution is -0.123. The van der Waals surface area contributed by atoms with E-state index in [0.29, 0.717) is 18.5 Å². The van der Waals surface area contributed by atoms with Crippen LogP contribution in [0.4, 0.5) is 5.69 Å². The van der Waals surface area contributed by atoms with Crippen LogP contribution in [0.3, 0.4) is 0 Å². The minimum absolute atomic E-state index is 0.213. The average Bonchev–Trinajstić information content (AvgIpc) is 2.41. The molecule has 4 nitrogen and oxygen atoms in total. The summed E-state index contributed by atoms with van der Waals surface area (Å²) in [5.41, 5.74) is 0.703. The predicted octanol–water partition coefficient (Wildman–Crippen LogP) is 3.44. The van der Waals surface area contributed by atoms with Crippen LogP contribution >= 0.6 is 0 Å². The standard InChI is InChI=1S/C15H21N3O/c1-4-7-15(11-16,8-5-2)14(19)18-13-10-17-9-6-12(13)3/h6,9-10H,4-5,7-8H2,1-3H3,(H,18,19). The number of aromatic nitrogens is 1. The SMILES string of the molecule is CCCC(C#N)(CCC)C(=O)Nc1cnccc1C. The molecule has 0 saturated heterocycles. The van der Waals surface area contributed by atoms with Gasteiger partial charge in [0, 0.05) is 6.20 Å². The molecule has 1 N–H and O–H groups in total. The molecule has 1 rings (SSSR count). The topological polar surface area (TPSA) is 65.8 Å². The largest absolute Gasteiger partial charge is 0.323 e. The van der Waals surface area contributed by atoms with Crippen LogP contribution < -0.4 is 5.32 Å². The van der Waals surface area contributed by atoms with Crippen LogP contribution in [0.2, 0.25) is 0 Å². The summed E-state index contributed by atoms with van der Waals surface area (Å²) < 4.78 is 0. The van der Waals surface area contributed by atoms with Crippen LogP contribution in [0.1, 0.15) is 45.1 Å². The zero-order valence-corrected chi connectivity index (χ0v) is 11.9. The first-order valence-corrected chi connectivity index (χ1v) is 6.73. The number of anilines is 1. The van der Waals surface area contributed by atoms with Crippen LogP contribution in [0.25, 0.3) is 0 Å².